The van der Waals surface area contributed by atoms with Crippen molar-refractivity contribution in [1.29, 1.82) is 0 Å². The first-order chi connectivity index (χ1) is 16.7. The minimum atomic E-state index is -7.93. The van der Waals surface area contributed by atoms with Gasteiger partial charge >= 0.3 is 47.7 Å². The number of nitrogens with one attached hydrogen (secondary N) is 1. The summed E-state index contributed by atoms with van der Waals surface area (Å²) in [6.45, 7) is 0.545. The Bertz CT molecular complexity index is 822. The fraction of sp³-hybridized carbons (Fsp3) is 0.812. The SMILES string of the molecule is NC(N)=[NH+]CCC[C@H](N)C(=O)O.O=C([O-])CSCCC(F)(F)C(F)(F)C(F)(F)C(F)(F)C(F)(F)C(F)(F)F. The number of carbonyl (C=O) groups is 2. The van der Waals surface area contributed by atoms with Gasteiger partial charge in [0.1, 0.15) is 6.04 Å². The van der Waals surface area contributed by atoms with Crippen LogP contribution in [0.15, 0.2) is 0 Å². The third-order valence-electron chi connectivity index (χ3n) is 4.12. The summed E-state index contributed by atoms with van der Waals surface area (Å²) < 4.78 is 165. The van der Waals surface area contributed by atoms with Crippen LogP contribution < -0.4 is 27.3 Å². The maximum Gasteiger partial charge on any atom is 0.460 e. The molecular formula is C16H21F13N4O4S. The molecule has 0 aliphatic heterocycles. The predicted molar refractivity (Wildman–Crippen MR) is 102 cm³/mol. The maximum atomic E-state index is 13.2. The Morgan fingerprint density at radius 2 is 1.29 bits per heavy atom. The first-order valence-corrected chi connectivity index (χ1v) is 10.7. The second kappa shape index (κ2) is 13.6. The molecule has 1 atom stereocenters. The van der Waals surface area contributed by atoms with E-state index >= 15 is 0 Å². The maximum absolute atomic E-state index is 13.2. The molecule has 0 spiro atoms. The monoisotopic (exact) mass is 612 g/mol. The van der Waals surface area contributed by atoms with Crippen LogP contribution in [-0.2, 0) is 9.59 Å². The largest absolute Gasteiger partial charge is 0.549 e. The lowest BCUT2D eigenvalue weighted by Crippen LogP contribution is -2.78. The Morgan fingerprint density at radius 1 is 0.842 bits per heavy atom. The predicted octanol–water partition coefficient (Wildman–Crippen LogP) is 0.131. The zero-order valence-corrected chi connectivity index (χ0v) is 19.4. The molecule has 0 aliphatic rings. The molecule has 0 aromatic carbocycles. The number of guanidine groups is 1. The van der Waals surface area contributed by atoms with Gasteiger partial charge in [-0.05, 0) is 18.6 Å². The number of aliphatic carboxylic acids is 2. The van der Waals surface area contributed by atoms with E-state index in [2.05, 4.69) is 4.99 Å². The molecule has 0 aliphatic carbocycles. The van der Waals surface area contributed by atoms with Gasteiger partial charge in [-0.3, -0.25) is 21.3 Å². The molecule has 0 rings (SSSR count). The van der Waals surface area contributed by atoms with Crippen LogP contribution in [-0.4, -0.2) is 82.9 Å². The van der Waals surface area contributed by atoms with Gasteiger partial charge in [-0.1, -0.05) is 0 Å². The van der Waals surface area contributed by atoms with E-state index in [0.29, 0.717) is 19.4 Å². The summed E-state index contributed by atoms with van der Waals surface area (Å²) in [5.74, 6) is -42.2. The van der Waals surface area contributed by atoms with E-state index in [-0.39, 0.29) is 17.7 Å². The Labute approximate surface area is 208 Å². The van der Waals surface area contributed by atoms with Gasteiger partial charge in [-0.15, -0.1) is 0 Å². The van der Waals surface area contributed by atoms with E-state index in [4.69, 9.17) is 22.3 Å². The number of halogens is 13. The van der Waals surface area contributed by atoms with Crippen molar-refractivity contribution in [1.82, 2.24) is 0 Å². The molecular weight excluding hydrogens is 591 g/mol. The van der Waals surface area contributed by atoms with Crippen molar-refractivity contribution < 1.29 is 81.9 Å². The van der Waals surface area contributed by atoms with Crippen LogP contribution in [0, 0.1) is 0 Å². The zero-order chi connectivity index (χ0) is 31.0. The van der Waals surface area contributed by atoms with Crippen molar-refractivity contribution in [3.8, 4) is 0 Å². The van der Waals surface area contributed by atoms with Gasteiger partial charge in [0.25, 0.3) is 0 Å². The van der Waals surface area contributed by atoms with Crippen molar-refractivity contribution >= 4 is 29.7 Å². The molecule has 0 heterocycles. The summed E-state index contributed by atoms with van der Waals surface area (Å²) in [6, 6.07) is -0.800. The van der Waals surface area contributed by atoms with Crippen LogP contribution >= 0.6 is 11.8 Å². The van der Waals surface area contributed by atoms with E-state index in [1.807, 2.05) is 0 Å². The second-order valence-electron chi connectivity index (χ2n) is 7.14. The van der Waals surface area contributed by atoms with Crippen molar-refractivity contribution in [2.45, 2.75) is 61.1 Å². The average Bonchev–Trinajstić information content (AvgIpc) is 2.72. The molecule has 0 aromatic heterocycles. The third-order valence-corrected chi connectivity index (χ3v) is 5.05. The van der Waals surface area contributed by atoms with E-state index in [1.165, 1.54) is 0 Å². The van der Waals surface area contributed by atoms with Crippen molar-refractivity contribution in [3.05, 3.63) is 0 Å². The lowest BCUT2D eigenvalue weighted by atomic mass is 9.93. The molecule has 8 nitrogen and oxygen atoms in total. The van der Waals surface area contributed by atoms with Crippen LogP contribution in [0.3, 0.4) is 0 Å². The molecule has 0 amide bonds. The molecule has 0 saturated carbocycles. The van der Waals surface area contributed by atoms with Crippen LogP contribution in [0.25, 0.3) is 0 Å². The van der Waals surface area contributed by atoms with Gasteiger partial charge in [0, 0.05) is 12.2 Å². The summed E-state index contributed by atoms with van der Waals surface area (Å²) in [6.07, 6.45) is -8.84. The van der Waals surface area contributed by atoms with Crippen LogP contribution in [0.4, 0.5) is 57.1 Å². The fourth-order valence-corrected chi connectivity index (χ4v) is 2.70. The fourth-order valence-electron chi connectivity index (χ4n) is 1.99. The highest BCUT2D eigenvalue weighted by molar-refractivity contribution is 7.99. The van der Waals surface area contributed by atoms with Gasteiger partial charge in [-0.25, -0.2) is 0 Å². The Kier molecular flexibility index (Phi) is 13.5. The zero-order valence-electron chi connectivity index (χ0n) is 18.5. The second-order valence-corrected chi connectivity index (χ2v) is 8.25. The number of carbonyl (C=O) groups excluding carboxylic acids is 1. The lowest BCUT2D eigenvalue weighted by Gasteiger charge is -2.39. The number of nitrogens with two attached hydrogens (primary N) is 3. The number of alkyl halides is 13. The van der Waals surface area contributed by atoms with Crippen molar-refractivity contribution in [2.24, 2.45) is 17.2 Å². The first-order valence-electron chi connectivity index (χ1n) is 9.54. The number of carboxylic acids is 2. The van der Waals surface area contributed by atoms with Crippen LogP contribution in [0.5, 0.6) is 0 Å². The van der Waals surface area contributed by atoms with Crippen LogP contribution in [0.2, 0.25) is 0 Å². The van der Waals surface area contributed by atoms with E-state index in [0.717, 1.165) is 0 Å². The van der Waals surface area contributed by atoms with Crippen molar-refractivity contribution in [3.63, 3.8) is 0 Å². The smallest absolute Gasteiger partial charge is 0.460 e. The first kappa shape index (κ1) is 37.8. The molecule has 0 unspecified atom stereocenters. The molecule has 0 saturated heterocycles. The summed E-state index contributed by atoms with van der Waals surface area (Å²) in [4.78, 5) is 22.8. The summed E-state index contributed by atoms with van der Waals surface area (Å²) in [7, 11) is 0. The lowest BCUT2D eigenvalue weighted by molar-refractivity contribution is -0.459. The van der Waals surface area contributed by atoms with Gasteiger partial charge in [0.2, 0.25) is 0 Å². The highest BCUT2D eigenvalue weighted by Gasteiger charge is 2.90. The standard InChI is InChI=1S/C10H7F13O2S.C6H14N4O2/c11-5(12,1-2-26-3-4(24)25)6(13,14)7(15,16)8(17,18)9(19,20)10(21,22)23;7-4(5(11)12)2-1-3-10-6(8)9/h1-3H2,(H,24,25);4H,1-3,7H2,(H,11,12)(H4,8,9,10)/t;4-/m.0/s1. The molecule has 0 fully saturated rings. The van der Waals surface area contributed by atoms with Gasteiger partial charge in [0.15, 0.2) is 0 Å². The molecule has 0 aromatic rings. The summed E-state index contributed by atoms with van der Waals surface area (Å²) in [5, 5.41) is 18.3. The van der Waals surface area contributed by atoms with E-state index < -0.39 is 71.7 Å². The number of hydrogen-bond acceptors (Lipinski definition) is 5. The molecule has 0 bridgehead atoms. The topological polar surface area (TPSA) is 169 Å². The summed E-state index contributed by atoms with van der Waals surface area (Å²) >= 11 is -0.104. The average molecular weight is 612 g/mol. The third kappa shape index (κ3) is 9.42. The van der Waals surface area contributed by atoms with Gasteiger partial charge in [-0.2, -0.15) is 68.8 Å². The minimum absolute atomic E-state index is 0.104. The molecule has 22 heteroatoms. The van der Waals surface area contributed by atoms with Crippen molar-refractivity contribution in [2.75, 3.05) is 18.1 Å². The highest BCUT2D eigenvalue weighted by atomic mass is 32.2. The summed E-state index contributed by atoms with van der Waals surface area (Å²) in [5.41, 5.74) is 15.4. The number of carboxylic acid groups (broad SMARTS) is 2. The molecule has 8 N–H and O–H groups in total. The minimum Gasteiger partial charge on any atom is -0.549 e. The molecule has 226 valence electrons. The molecule has 38 heavy (non-hydrogen) atoms. The van der Waals surface area contributed by atoms with E-state index in [9.17, 15) is 71.8 Å². The van der Waals surface area contributed by atoms with Gasteiger partial charge in [0.05, 0.1) is 12.5 Å². The van der Waals surface area contributed by atoms with Crippen LogP contribution in [0.1, 0.15) is 19.3 Å². The number of hydrogen-bond donors (Lipinski definition) is 5. The quantitative estimate of drug-likeness (QED) is 0.0799. The Morgan fingerprint density at radius 3 is 1.66 bits per heavy atom. The van der Waals surface area contributed by atoms with E-state index in [1.54, 1.807) is 0 Å². The number of thioether (sulfide) groups is 1. The van der Waals surface area contributed by atoms with Gasteiger partial charge < -0.3 is 20.7 Å². The Balaban J connectivity index is 0. The Hall–Kier alpha value is -2.39. The highest BCUT2D eigenvalue weighted by Crippen LogP contribution is 2.60. The number of rotatable bonds is 14. The molecule has 0 radical (unpaired) electrons. The normalized spacial score (nSPS) is 14.3.